The first-order chi connectivity index (χ1) is 9.99. The molecule has 5 heteroatoms. The zero-order chi connectivity index (χ0) is 15.4. The van der Waals surface area contributed by atoms with Crippen LogP contribution in [0.5, 0.6) is 0 Å². The van der Waals surface area contributed by atoms with Gasteiger partial charge in [-0.2, -0.15) is 11.3 Å². The van der Waals surface area contributed by atoms with E-state index >= 15 is 0 Å². The molecule has 1 N–H and O–H groups in total. The predicted molar refractivity (Wildman–Crippen MR) is 85.4 cm³/mol. The van der Waals surface area contributed by atoms with Crippen molar-refractivity contribution in [3.63, 3.8) is 0 Å². The summed E-state index contributed by atoms with van der Waals surface area (Å²) in [6.07, 6.45) is 1.51. The Morgan fingerprint density at radius 2 is 1.95 bits per heavy atom. The summed E-state index contributed by atoms with van der Waals surface area (Å²) >= 11 is 1.54. The topological polar surface area (TPSA) is 49.4 Å². The molecule has 4 nitrogen and oxygen atoms in total. The monoisotopic (exact) mass is 308 g/mol. The van der Waals surface area contributed by atoms with E-state index < -0.39 is 0 Å². The van der Waals surface area contributed by atoms with Crippen molar-refractivity contribution in [2.75, 3.05) is 13.1 Å². The summed E-state index contributed by atoms with van der Waals surface area (Å²) in [4.78, 5) is 26.3. The maximum Gasteiger partial charge on any atom is 0.254 e. The molecule has 1 aliphatic rings. The summed E-state index contributed by atoms with van der Waals surface area (Å²) in [7, 11) is 0. The fourth-order valence-electron chi connectivity index (χ4n) is 2.42. The van der Waals surface area contributed by atoms with Crippen molar-refractivity contribution < 1.29 is 9.59 Å². The van der Waals surface area contributed by atoms with Gasteiger partial charge in [-0.1, -0.05) is 13.8 Å². The maximum absolute atomic E-state index is 12.2. The largest absolute Gasteiger partial charge is 0.353 e. The molecule has 1 fully saturated rings. The van der Waals surface area contributed by atoms with Crippen LogP contribution < -0.4 is 5.32 Å². The van der Waals surface area contributed by atoms with Gasteiger partial charge in [-0.25, -0.2) is 0 Å². The Labute approximate surface area is 130 Å². The molecule has 2 heterocycles. The average Bonchev–Trinajstić information content (AvgIpc) is 3.00. The van der Waals surface area contributed by atoms with Gasteiger partial charge in [0.05, 0.1) is 5.56 Å². The van der Waals surface area contributed by atoms with Crippen LogP contribution in [0.25, 0.3) is 0 Å². The molecule has 116 valence electrons. The number of nitrogens with zero attached hydrogens (tertiary/aromatic N) is 1. The number of hydrogen-bond acceptors (Lipinski definition) is 3. The normalized spacial score (nSPS) is 17.8. The van der Waals surface area contributed by atoms with Gasteiger partial charge in [0.15, 0.2) is 0 Å². The molecule has 1 saturated heterocycles. The van der Waals surface area contributed by atoms with E-state index in [9.17, 15) is 9.59 Å². The van der Waals surface area contributed by atoms with Gasteiger partial charge in [0.2, 0.25) is 5.91 Å². The second-order valence-corrected chi connectivity index (χ2v) is 6.90. The highest BCUT2D eigenvalue weighted by Crippen LogP contribution is 2.20. The van der Waals surface area contributed by atoms with E-state index in [2.05, 4.69) is 19.2 Å². The third-order valence-electron chi connectivity index (χ3n) is 4.29. The molecule has 1 aromatic heterocycles. The standard InChI is InChI=1S/C16H24N2O2S/c1-11(2)12(3)17-15(19)13-4-7-18(8-5-13)16(20)14-6-9-21-10-14/h6,9-13H,4-5,7-8H2,1-3H3,(H,17,19)/t12-/m0/s1. The van der Waals surface area contributed by atoms with Crippen molar-refractivity contribution in [2.24, 2.45) is 11.8 Å². The van der Waals surface area contributed by atoms with Crippen LogP contribution in [0, 0.1) is 11.8 Å². The fraction of sp³-hybridized carbons (Fsp3) is 0.625. The van der Waals surface area contributed by atoms with E-state index in [-0.39, 0.29) is 23.8 Å². The average molecular weight is 308 g/mol. The van der Waals surface area contributed by atoms with Gasteiger partial charge >= 0.3 is 0 Å². The Hall–Kier alpha value is -1.36. The number of hydrogen-bond donors (Lipinski definition) is 1. The number of amides is 2. The number of nitrogens with one attached hydrogen (secondary N) is 1. The van der Waals surface area contributed by atoms with Gasteiger partial charge in [0.25, 0.3) is 5.91 Å². The third-order valence-corrected chi connectivity index (χ3v) is 4.97. The number of carbonyl (C=O) groups is 2. The van der Waals surface area contributed by atoms with E-state index in [1.807, 2.05) is 28.7 Å². The predicted octanol–water partition coefficient (Wildman–Crippen LogP) is 2.76. The van der Waals surface area contributed by atoms with E-state index in [1.54, 1.807) is 0 Å². The molecule has 0 aliphatic carbocycles. The molecular weight excluding hydrogens is 284 g/mol. The Balaban J connectivity index is 1.83. The lowest BCUT2D eigenvalue weighted by molar-refractivity contribution is -0.127. The molecule has 1 aliphatic heterocycles. The molecule has 2 amide bonds. The van der Waals surface area contributed by atoms with E-state index in [0.717, 1.165) is 18.4 Å². The lowest BCUT2D eigenvalue weighted by Crippen LogP contribution is -2.45. The molecule has 0 radical (unpaired) electrons. The molecular formula is C16H24N2O2S. The lowest BCUT2D eigenvalue weighted by Gasteiger charge is -2.32. The van der Waals surface area contributed by atoms with Crippen LogP contribution >= 0.6 is 11.3 Å². The Morgan fingerprint density at radius 3 is 2.48 bits per heavy atom. The summed E-state index contributed by atoms with van der Waals surface area (Å²) in [6, 6.07) is 2.05. The quantitative estimate of drug-likeness (QED) is 0.930. The van der Waals surface area contributed by atoms with Crippen molar-refractivity contribution >= 4 is 23.2 Å². The van der Waals surface area contributed by atoms with Crippen molar-refractivity contribution in [3.05, 3.63) is 22.4 Å². The van der Waals surface area contributed by atoms with Gasteiger partial charge in [0.1, 0.15) is 0 Å². The highest BCUT2D eigenvalue weighted by Gasteiger charge is 2.28. The maximum atomic E-state index is 12.2. The van der Waals surface area contributed by atoms with Crippen LogP contribution in [0.15, 0.2) is 16.8 Å². The van der Waals surface area contributed by atoms with Crippen molar-refractivity contribution in [1.29, 1.82) is 0 Å². The molecule has 0 unspecified atom stereocenters. The zero-order valence-electron chi connectivity index (χ0n) is 13.0. The first kappa shape index (κ1) is 16.0. The number of thiophene rings is 1. The first-order valence-corrected chi connectivity index (χ1v) is 8.55. The SMILES string of the molecule is CC(C)[C@H](C)NC(=O)C1CCN(C(=O)c2ccsc2)CC1. The van der Waals surface area contributed by atoms with E-state index in [0.29, 0.717) is 19.0 Å². The van der Waals surface area contributed by atoms with Gasteiger partial charge in [-0.3, -0.25) is 9.59 Å². The van der Waals surface area contributed by atoms with Crippen LogP contribution in [0.4, 0.5) is 0 Å². The molecule has 2 rings (SSSR count). The summed E-state index contributed by atoms with van der Waals surface area (Å²) in [5.74, 6) is 0.705. The number of rotatable bonds is 4. The fourth-order valence-corrected chi connectivity index (χ4v) is 3.05. The minimum Gasteiger partial charge on any atom is -0.353 e. The van der Waals surface area contributed by atoms with Crippen molar-refractivity contribution in [3.8, 4) is 0 Å². The third kappa shape index (κ3) is 4.06. The molecule has 1 aromatic rings. The second-order valence-electron chi connectivity index (χ2n) is 6.12. The number of piperidine rings is 1. The van der Waals surface area contributed by atoms with Gasteiger partial charge in [0, 0.05) is 30.4 Å². The summed E-state index contributed by atoms with van der Waals surface area (Å²) in [5.41, 5.74) is 0.760. The number of carbonyl (C=O) groups excluding carboxylic acids is 2. The smallest absolute Gasteiger partial charge is 0.254 e. The van der Waals surface area contributed by atoms with Crippen molar-refractivity contribution in [2.45, 2.75) is 39.7 Å². The van der Waals surface area contributed by atoms with Gasteiger partial charge in [-0.15, -0.1) is 0 Å². The molecule has 21 heavy (non-hydrogen) atoms. The van der Waals surface area contributed by atoms with Crippen LogP contribution in [0.3, 0.4) is 0 Å². The molecule has 0 saturated carbocycles. The minimum atomic E-state index is 0.0396. The Kier molecular flexibility index (Phi) is 5.39. The number of likely N-dealkylation sites (tertiary alicyclic amines) is 1. The summed E-state index contributed by atoms with van der Waals surface area (Å²) in [5, 5.41) is 6.88. The molecule has 0 aromatic carbocycles. The van der Waals surface area contributed by atoms with Crippen LogP contribution in [-0.4, -0.2) is 35.8 Å². The highest BCUT2D eigenvalue weighted by molar-refractivity contribution is 7.08. The van der Waals surface area contributed by atoms with Crippen LogP contribution in [0.2, 0.25) is 0 Å². The van der Waals surface area contributed by atoms with Crippen LogP contribution in [0.1, 0.15) is 44.0 Å². The Morgan fingerprint density at radius 1 is 1.29 bits per heavy atom. The van der Waals surface area contributed by atoms with Gasteiger partial charge in [-0.05, 0) is 37.1 Å². The molecule has 0 bridgehead atoms. The van der Waals surface area contributed by atoms with Crippen molar-refractivity contribution in [1.82, 2.24) is 10.2 Å². The summed E-state index contributed by atoms with van der Waals surface area (Å²) in [6.45, 7) is 7.59. The zero-order valence-corrected chi connectivity index (χ0v) is 13.8. The molecule has 0 spiro atoms. The second kappa shape index (κ2) is 7.07. The van der Waals surface area contributed by atoms with Crippen LogP contribution in [-0.2, 0) is 4.79 Å². The van der Waals surface area contributed by atoms with E-state index in [1.165, 1.54) is 11.3 Å². The Bertz CT molecular complexity index is 476. The lowest BCUT2D eigenvalue weighted by atomic mass is 9.94. The summed E-state index contributed by atoms with van der Waals surface area (Å²) < 4.78 is 0. The minimum absolute atomic E-state index is 0.0396. The highest BCUT2D eigenvalue weighted by atomic mass is 32.1. The van der Waals surface area contributed by atoms with E-state index in [4.69, 9.17) is 0 Å². The molecule has 1 atom stereocenters. The first-order valence-electron chi connectivity index (χ1n) is 7.61. The van der Waals surface area contributed by atoms with Gasteiger partial charge < -0.3 is 10.2 Å².